The van der Waals surface area contributed by atoms with Crippen LogP contribution in [0.3, 0.4) is 0 Å². The lowest BCUT2D eigenvalue weighted by Gasteiger charge is -2.10. The summed E-state index contributed by atoms with van der Waals surface area (Å²) in [7, 11) is 0. The maximum absolute atomic E-state index is 7.47. The van der Waals surface area contributed by atoms with E-state index in [-0.39, 0.29) is 11.9 Å². The molecule has 0 saturated carbocycles. The molecule has 1 aromatic carbocycles. The molecule has 0 aliphatic rings. The fraction of sp³-hybridized carbons (Fsp3) is 0.333. The molecule has 0 radical (unpaired) electrons. The smallest absolute Gasteiger partial charge is 0.199 e. The van der Waals surface area contributed by atoms with Crippen molar-refractivity contribution in [3.05, 3.63) is 24.3 Å². The van der Waals surface area contributed by atoms with E-state index in [0.717, 1.165) is 24.3 Å². The van der Waals surface area contributed by atoms with Crippen LogP contribution < -0.4 is 21.1 Å². The highest BCUT2D eigenvalue weighted by Crippen LogP contribution is 2.15. The highest BCUT2D eigenvalue weighted by molar-refractivity contribution is 6.02. The largest absolute Gasteiger partial charge is 0.494 e. The summed E-state index contributed by atoms with van der Waals surface area (Å²) in [6.45, 7) is 2.83. The number of nitrogens with two attached hydrogens (primary N) is 1. The lowest BCUT2D eigenvalue weighted by Crippen LogP contribution is -2.39. The molecule has 0 aliphatic heterocycles. The van der Waals surface area contributed by atoms with Crippen molar-refractivity contribution in [3.8, 4) is 5.75 Å². The molecule has 98 valence electrons. The van der Waals surface area contributed by atoms with Crippen LogP contribution in [0.1, 0.15) is 19.8 Å². The van der Waals surface area contributed by atoms with Gasteiger partial charge in [-0.1, -0.05) is 13.3 Å². The Hall–Kier alpha value is -2.24. The van der Waals surface area contributed by atoms with Crippen molar-refractivity contribution < 1.29 is 4.74 Å². The van der Waals surface area contributed by atoms with E-state index in [1.165, 1.54) is 0 Å². The molecule has 6 nitrogen and oxygen atoms in total. The van der Waals surface area contributed by atoms with E-state index >= 15 is 0 Å². The Morgan fingerprint density at radius 1 is 1.28 bits per heavy atom. The topological polar surface area (TPSA) is 107 Å². The zero-order valence-electron chi connectivity index (χ0n) is 10.4. The van der Waals surface area contributed by atoms with Crippen LogP contribution in [0.4, 0.5) is 5.69 Å². The summed E-state index contributed by atoms with van der Waals surface area (Å²) in [5, 5.41) is 19.6. The lowest BCUT2D eigenvalue weighted by molar-refractivity contribution is 0.309. The Kier molecular flexibility index (Phi) is 5.50. The van der Waals surface area contributed by atoms with E-state index in [4.69, 9.17) is 21.3 Å². The SMILES string of the molecule is CCCCOc1ccc(NC(=N)NC(=N)N)cc1. The highest BCUT2D eigenvalue weighted by atomic mass is 16.5. The van der Waals surface area contributed by atoms with Gasteiger partial charge < -0.3 is 15.8 Å². The number of anilines is 1. The molecule has 0 fully saturated rings. The highest BCUT2D eigenvalue weighted by Gasteiger charge is 1.99. The monoisotopic (exact) mass is 249 g/mol. The van der Waals surface area contributed by atoms with Crippen LogP contribution in [0, 0.1) is 10.8 Å². The number of nitrogens with one attached hydrogen (secondary N) is 4. The molecule has 0 aliphatic carbocycles. The molecule has 0 atom stereocenters. The zero-order chi connectivity index (χ0) is 13.4. The van der Waals surface area contributed by atoms with Crippen LogP contribution >= 0.6 is 0 Å². The summed E-state index contributed by atoms with van der Waals surface area (Å²) < 4.78 is 5.52. The zero-order valence-corrected chi connectivity index (χ0v) is 10.4. The second-order valence-corrected chi connectivity index (χ2v) is 3.77. The van der Waals surface area contributed by atoms with Gasteiger partial charge in [0.25, 0.3) is 0 Å². The number of ether oxygens (including phenoxy) is 1. The van der Waals surface area contributed by atoms with Gasteiger partial charge in [0.1, 0.15) is 5.75 Å². The molecule has 1 rings (SSSR count). The van der Waals surface area contributed by atoms with Gasteiger partial charge in [0.2, 0.25) is 0 Å². The molecule has 0 amide bonds. The minimum atomic E-state index is -0.271. The van der Waals surface area contributed by atoms with Crippen molar-refractivity contribution in [2.75, 3.05) is 11.9 Å². The predicted molar refractivity (Wildman–Crippen MR) is 73.2 cm³/mol. The second kappa shape index (κ2) is 7.16. The Labute approximate surface area is 107 Å². The predicted octanol–water partition coefficient (Wildman–Crippen LogP) is 1.70. The Balaban J connectivity index is 2.44. The fourth-order valence-corrected chi connectivity index (χ4v) is 1.28. The summed E-state index contributed by atoms with van der Waals surface area (Å²) >= 11 is 0. The molecular weight excluding hydrogens is 230 g/mol. The molecule has 18 heavy (non-hydrogen) atoms. The van der Waals surface area contributed by atoms with Gasteiger partial charge in [0.15, 0.2) is 11.9 Å². The van der Waals surface area contributed by atoms with Gasteiger partial charge >= 0.3 is 0 Å². The molecule has 6 N–H and O–H groups in total. The summed E-state index contributed by atoms with van der Waals surface area (Å²) in [4.78, 5) is 0. The standard InChI is InChI=1S/C12H19N5O/c1-2-3-8-18-10-6-4-9(5-7-10)16-12(15)17-11(13)14/h4-7H,2-3,8H2,1H3,(H6,13,14,15,16,17). The number of hydrogen-bond acceptors (Lipinski definition) is 3. The molecule has 0 saturated heterocycles. The van der Waals surface area contributed by atoms with Gasteiger partial charge in [-0.25, -0.2) is 0 Å². The normalized spacial score (nSPS) is 9.61. The van der Waals surface area contributed by atoms with Crippen LogP contribution in [0.2, 0.25) is 0 Å². The first-order chi connectivity index (χ1) is 8.61. The third kappa shape index (κ3) is 5.20. The quantitative estimate of drug-likeness (QED) is 0.311. The molecule has 1 aromatic rings. The van der Waals surface area contributed by atoms with Gasteiger partial charge in [-0.3, -0.25) is 16.1 Å². The van der Waals surface area contributed by atoms with E-state index in [0.29, 0.717) is 6.61 Å². The van der Waals surface area contributed by atoms with Crippen LogP contribution in [0.25, 0.3) is 0 Å². The summed E-state index contributed by atoms with van der Waals surface area (Å²) in [5.74, 6) is 0.495. The minimum Gasteiger partial charge on any atom is -0.494 e. The molecule has 0 unspecified atom stereocenters. The summed E-state index contributed by atoms with van der Waals surface area (Å²) in [6.07, 6.45) is 2.14. The number of rotatable bonds is 5. The van der Waals surface area contributed by atoms with Gasteiger partial charge in [0.05, 0.1) is 6.61 Å². The van der Waals surface area contributed by atoms with Crippen molar-refractivity contribution >= 4 is 17.6 Å². The second-order valence-electron chi connectivity index (χ2n) is 3.77. The average Bonchev–Trinajstić information content (AvgIpc) is 2.30. The Morgan fingerprint density at radius 2 is 1.94 bits per heavy atom. The van der Waals surface area contributed by atoms with Crippen molar-refractivity contribution in [2.24, 2.45) is 5.73 Å². The van der Waals surface area contributed by atoms with E-state index in [1.807, 2.05) is 12.1 Å². The number of unbranched alkanes of at least 4 members (excludes halogenated alkanes) is 1. The number of hydrogen-bond donors (Lipinski definition) is 5. The van der Waals surface area contributed by atoms with Gasteiger partial charge in [-0.15, -0.1) is 0 Å². The van der Waals surface area contributed by atoms with Crippen LogP contribution in [0.5, 0.6) is 5.75 Å². The third-order valence-corrected chi connectivity index (χ3v) is 2.15. The molecule has 0 spiro atoms. The maximum atomic E-state index is 7.47. The van der Waals surface area contributed by atoms with E-state index in [9.17, 15) is 0 Å². The fourth-order valence-electron chi connectivity index (χ4n) is 1.28. The molecule has 0 bridgehead atoms. The van der Waals surface area contributed by atoms with Crippen molar-refractivity contribution in [3.63, 3.8) is 0 Å². The first-order valence-corrected chi connectivity index (χ1v) is 5.81. The van der Waals surface area contributed by atoms with Crippen LogP contribution in [-0.4, -0.2) is 18.5 Å². The summed E-state index contributed by atoms with van der Waals surface area (Å²) in [5.41, 5.74) is 5.84. The van der Waals surface area contributed by atoms with Crippen molar-refractivity contribution in [1.29, 1.82) is 10.8 Å². The summed E-state index contributed by atoms with van der Waals surface area (Å²) in [6, 6.07) is 7.27. The average molecular weight is 249 g/mol. The lowest BCUT2D eigenvalue weighted by atomic mass is 10.3. The van der Waals surface area contributed by atoms with E-state index in [1.54, 1.807) is 12.1 Å². The molecule has 0 heterocycles. The van der Waals surface area contributed by atoms with Gasteiger partial charge in [-0.05, 0) is 30.7 Å². The van der Waals surface area contributed by atoms with E-state index in [2.05, 4.69) is 17.6 Å². The maximum Gasteiger partial charge on any atom is 0.199 e. The number of guanidine groups is 2. The Bertz CT molecular complexity index is 401. The van der Waals surface area contributed by atoms with Crippen molar-refractivity contribution in [1.82, 2.24) is 5.32 Å². The first-order valence-electron chi connectivity index (χ1n) is 5.81. The molecule has 0 aromatic heterocycles. The van der Waals surface area contributed by atoms with Crippen molar-refractivity contribution in [2.45, 2.75) is 19.8 Å². The molecule has 6 heteroatoms. The molecular formula is C12H19N5O. The number of benzene rings is 1. The van der Waals surface area contributed by atoms with Crippen LogP contribution in [-0.2, 0) is 0 Å². The first kappa shape index (κ1) is 13.8. The van der Waals surface area contributed by atoms with Crippen LogP contribution in [0.15, 0.2) is 24.3 Å². The van der Waals surface area contributed by atoms with Gasteiger partial charge in [0, 0.05) is 5.69 Å². The van der Waals surface area contributed by atoms with E-state index < -0.39 is 0 Å². The Morgan fingerprint density at radius 3 is 2.50 bits per heavy atom. The third-order valence-electron chi connectivity index (χ3n) is 2.15. The minimum absolute atomic E-state index is 0.0397. The van der Waals surface area contributed by atoms with Gasteiger partial charge in [-0.2, -0.15) is 0 Å².